The molecule has 1 aromatic carbocycles. The molecule has 0 spiro atoms. The van der Waals surface area contributed by atoms with Crippen LogP contribution in [0.4, 0.5) is 0 Å². The summed E-state index contributed by atoms with van der Waals surface area (Å²) < 4.78 is 5.72. The number of phenols is 1. The maximum atomic E-state index is 9.89. The fourth-order valence-corrected chi connectivity index (χ4v) is 2.14. The first kappa shape index (κ1) is 9.80. The first-order valence-electron chi connectivity index (χ1n) is 4.36. The number of rotatable bonds is 2. The number of phenolic OH excluding ortho intramolecular Hbond substituents is 1. The molecule has 4 heteroatoms. The molecule has 1 aromatic rings. The van der Waals surface area contributed by atoms with Crippen LogP contribution in [0.3, 0.4) is 0 Å². The quantitative estimate of drug-likeness (QED) is 0.855. The summed E-state index contributed by atoms with van der Waals surface area (Å²) in [5.41, 5.74) is -0.0152. The molecule has 76 valence electrons. The smallest absolute Gasteiger partial charge is 0.161 e. The molecule has 0 aromatic heterocycles. The van der Waals surface area contributed by atoms with E-state index >= 15 is 0 Å². The summed E-state index contributed by atoms with van der Waals surface area (Å²) in [6, 6.07) is 3.22. The summed E-state index contributed by atoms with van der Waals surface area (Å²) >= 11 is 3.35. The molecule has 0 saturated heterocycles. The van der Waals surface area contributed by atoms with Crippen LogP contribution in [0.25, 0.3) is 0 Å². The van der Waals surface area contributed by atoms with E-state index in [0.29, 0.717) is 5.75 Å². The normalized spacial score (nSPS) is 17.9. The molecular weight excluding hydrogens is 248 g/mol. The molecule has 2 N–H and O–H groups in total. The van der Waals surface area contributed by atoms with Crippen LogP contribution < -0.4 is 4.74 Å². The highest BCUT2D eigenvalue weighted by Gasteiger charge is 2.43. The van der Waals surface area contributed by atoms with Crippen LogP contribution in [0.5, 0.6) is 11.5 Å². The second kappa shape index (κ2) is 3.14. The van der Waals surface area contributed by atoms with E-state index in [1.807, 2.05) is 0 Å². The lowest BCUT2D eigenvalue weighted by Crippen LogP contribution is -2.05. The SMILES string of the molecule is COc1cc(Br)c(C2(O)CC2)cc1O. The van der Waals surface area contributed by atoms with Gasteiger partial charge in [-0.3, -0.25) is 0 Å². The highest BCUT2D eigenvalue weighted by molar-refractivity contribution is 9.10. The summed E-state index contributed by atoms with van der Waals surface area (Å²) in [5, 5.41) is 19.4. The number of halogens is 1. The third-order valence-electron chi connectivity index (χ3n) is 2.49. The van der Waals surface area contributed by atoms with Gasteiger partial charge in [-0.05, 0) is 25.0 Å². The van der Waals surface area contributed by atoms with Crippen molar-refractivity contribution in [1.82, 2.24) is 0 Å². The van der Waals surface area contributed by atoms with Crippen molar-refractivity contribution in [1.29, 1.82) is 0 Å². The molecule has 0 atom stereocenters. The standard InChI is InChI=1S/C10H11BrO3/c1-14-9-5-7(11)6(4-8(9)12)10(13)2-3-10/h4-5,12-13H,2-3H2,1H3. The maximum Gasteiger partial charge on any atom is 0.161 e. The van der Waals surface area contributed by atoms with Gasteiger partial charge in [0, 0.05) is 10.0 Å². The first-order chi connectivity index (χ1) is 6.57. The molecule has 0 unspecified atom stereocenters. The fourth-order valence-electron chi connectivity index (χ4n) is 1.45. The molecule has 0 amide bonds. The number of aromatic hydroxyl groups is 1. The van der Waals surface area contributed by atoms with Crippen LogP contribution in [0.15, 0.2) is 16.6 Å². The third-order valence-corrected chi connectivity index (χ3v) is 3.15. The predicted octanol–water partition coefficient (Wildman–Crippen LogP) is 2.14. The second-order valence-corrected chi connectivity index (χ2v) is 4.39. The van der Waals surface area contributed by atoms with Crippen molar-refractivity contribution in [3.05, 3.63) is 22.2 Å². The van der Waals surface area contributed by atoms with Crippen molar-refractivity contribution in [3.63, 3.8) is 0 Å². The Hall–Kier alpha value is -0.740. The fraction of sp³-hybridized carbons (Fsp3) is 0.400. The number of hydrogen-bond acceptors (Lipinski definition) is 3. The van der Waals surface area contributed by atoms with Crippen molar-refractivity contribution < 1.29 is 14.9 Å². The molecule has 0 heterocycles. The van der Waals surface area contributed by atoms with Crippen molar-refractivity contribution in [2.75, 3.05) is 7.11 Å². The third kappa shape index (κ3) is 1.48. The number of aliphatic hydroxyl groups is 1. The molecule has 1 aliphatic rings. The van der Waals surface area contributed by atoms with Gasteiger partial charge in [-0.2, -0.15) is 0 Å². The predicted molar refractivity (Wildman–Crippen MR) is 55.5 cm³/mol. The van der Waals surface area contributed by atoms with Gasteiger partial charge >= 0.3 is 0 Å². The Morgan fingerprint density at radius 1 is 1.43 bits per heavy atom. The summed E-state index contributed by atoms with van der Waals surface area (Å²) in [7, 11) is 1.49. The number of ether oxygens (including phenoxy) is 1. The Labute approximate surface area is 90.5 Å². The molecule has 1 fully saturated rings. The van der Waals surface area contributed by atoms with E-state index in [4.69, 9.17) is 4.74 Å². The van der Waals surface area contributed by atoms with Gasteiger partial charge in [0.15, 0.2) is 11.5 Å². The first-order valence-corrected chi connectivity index (χ1v) is 5.15. The zero-order chi connectivity index (χ0) is 10.3. The summed E-state index contributed by atoms with van der Waals surface area (Å²) in [4.78, 5) is 0. The van der Waals surface area contributed by atoms with E-state index in [2.05, 4.69) is 15.9 Å². The van der Waals surface area contributed by atoms with E-state index in [-0.39, 0.29) is 5.75 Å². The molecule has 0 radical (unpaired) electrons. The molecule has 14 heavy (non-hydrogen) atoms. The van der Waals surface area contributed by atoms with Gasteiger partial charge in [0.1, 0.15) is 0 Å². The minimum atomic E-state index is -0.747. The van der Waals surface area contributed by atoms with E-state index in [1.165, 1.54) is 7.11 Å². The van der Waals surface area contributed by atoms with Gasteiger partial charge in [-0.1, -0.05) is 15.9 Å². The van der Waals surface area contributed by atoms with Crippen molar-refractivity contribution in [2.24, 2.45) is 0 Å². The van der Waals surface area contributed by atoms with E-state index in [0.717, 1.165) is 22.9 Å². The van der Waals surface area contributed by atoms with Crippen LogP contribution >= 0.6 is 15.9 Å². The van der Waals surface area contributed by atoms with Crippen molar-refractivity contribution in [3.8, 4) is 11.5 Å². The Morgan fingerprint density at radius 2 is 2.07 bits per heavy atom. The van der Waals surface area contributed by atoms with Crippen LogP contribution in [0, 0.1) is 0 Å². The monoisotopic (exact) mass is 258 g/mol. The summed E-state index contributed by atoms with van der Waals surface area (Å²) in [5.74, 6) is 0.468. The molecule has 0 bridgehead atoms. The molecule has 1 saturated carbocycles. The van der Waals surface area contributed by atoms with Gasteiger partial charge in [0.2, 0.25) is 0 Å². The Morgan fingerprint density at radius 3 is 2.57 bits per heavy atom. The highest BCUT2D eigenvalue weighted by Crippen LogP contribution is 2.50. The van der Waals surface area contributed by atoms with Crippen LogP contribution in [0.1, 0.15) is 18.4 Å². The highest BCUT2D eigenvalue weighted by atomic mass is 79.9. The topological polar surface area (TPSA) is 49.7 Å². The molecule has 2 rings (SSSR count). The minimum absolute atomic E-state index is 0.0611. The Kier molecular flexibility index (Phi) is 2.20. The zero-order valence-corrected chi connectivity index (χ0v) is 9.34. The van der Waals surface area contributed by atoms with E-state index < -0.39 is 5.60 Å². The van der Waals surface area contributed by atoms with Crippen LogP contribution in [0.2, 0.25) is 0 Å². The lowest BCUT2D eigenvalue weighted by Gasteiger charge is -2.13. The summed E-state index contributed by atoms with van der Waals surface area (Å²) in [6.07, 6.45) is 1.49. The second-order valence-electron chi connectivity index (χ2n) is 3.54. The van der Waals surface area contributed by atoms with Gasteiger partial charge < -0.3 is 14.9 Å². The maximum absolute atomic E-state index is 9.89. The van der Waals surface area contributed by atoms with Gasteiger partial charge in [0.05, 0.1) is 12.7 Å². The molecular formula is C10H11BrO3. The van der Waals surface area contributed by atoms with Crippen LogP contribution in [-0.2, 0) is 5.60 Å². The zero-order valence-electron chi connectivity index (χ0n) is 7.75. The van der Waals surface area contributed by atoms with Crippen molar-refractivity contribution in [2.45, 2.75) is 18.4 Å². The summed E-state index contributed by atoms with van der Waals surface area (Å²) in [6.45, 7) is 0. The minimum Gasteiger partial charge on any atom is -0.504 e. The lowest BCUT2D eigenvalue weighted by atomic mass is 10.1. The van der Waals surface area contributed by atoms with Gasteiger partial charge in [-0.15, -0.1) is 0 Å². The molecule has 0 aliphatic heterocycles. The number of methoxy groups -OCH3 is 1. The van der Waals surface area contributed by atoms with Gasteiger partial charge in [-0.25, -0.2) is 0 Å². The average molecular weight is 259 g/mol. The van der Waals surface area contributed by atoms with E-state index in [9.17, 15) is 10.2 Å². The lowest BCUT2D eigenvalue weighted by molar-refractivity contribution is 0.150. The number of hydrogen-bond donors (Lipinski definition) is 2. The number of benzene rings is 1. The average Bonchev–Trinajstić information content (AvgIpc) is 2.88. The van der Waals surface area contributed by atoms with E-state index in [1.54, 1.807) is 12.1 Å². The van der Waals surface area contributed by atoms with Crippen molar-refractivity contribution >= 4 is 15.9 Å². The molecule has 1 aliphatic carbocycles. The van der Waals surface area contributed by atoms with Gasteiger partial charge in [0.25, 0.3) is 0 Å². The Balaban J connectivity index is 2.48. The largest absolute Gasteiger partial charge is 0.504 e. The molecule has 3 nitrogen and oxygen atoms in total. The van der Waals surface area contributed by atoms with Crippen LogP contribution in [-0.4, -0.2) is 17.3 Å². The Bertz CT molecular complexity index is 372.